The molecule has 2 aromatic rings. The summed E-state index contributed by atoms with van der Waals surface area (Å²) in [4.78, 5) is 15.5. The highest BCUT2D eigenvalue weighted by molar-refractivity contribution is 7.98. The molecule has 1 amide bonds. The maximum Gasteiger partial charge on any atom is 0.261 e. The third-order valence-corrected chi connectivity index (χ3v) is 7.00. The number of amides is 1. The summed E-state index contributed by atoms with van der Waals surface area (Å²) in [5.74, 6) is 0.00325. The first-order valence-electron chi connectivity index (χ1n) is 9.50. The number of benzene rings is 2. The molecule has 2 aromatic carbocycles. The van der Waals surface area contributed by atoms with Gasteiger partial charge in [-0.05, 0) is 42.0 Å². The van der Waals surface area contributed by atoms with Crippen LogP contribution in [0.1, 0.15) is 35.7 Å². The second-order valence-electron chi connectivity index (χ2n) is 7.11. The van der Waals surface area contributed by atoms with Crippen molar-refractivity contribution in [1.29, 1.82) is 0 Å². The smallest absolute Gasteiger partial charge is 0.261 e. The number of carbonyl (C=O) groups is 1. The molecule has 8 heteroatoms. The Bertz CT molecular complexity index is 984. The molecular formula is C21H26N2O4S2. The molecule has 1 N–H and O–H groups in total. The molecule has 0 radical (unpaired) electrons. The Labute approximate surface area is 176 Å². The zero-order valence-electron chi connectivity index (χ0n) is 16.8. The summed E-state index contributed by atoms with van der Waals surface area (Å²) < 4.78 is 34.1. The van der Waals surface area contributed by atoms with E-state index < -0.39 is 10.0 Å². The topological polar surface area (TPSA) is 75.7 Å². The number of ether oxygens (including phenoxy) is 1. The van der Waals surface area contributed by atoms with Crippen LogP contribution in [0.2, 0.25) is 0 Å². The van der Waals surface area contributed by atoms with Gasteiger partial charge in [-0.25, -0.2) is 8.42 Å². The number of hydrogen-bond acceptors (Lipinski definition) is 5. The van der Waals surface area contributed by atoms with Gasteiger partial charge in [0.2, 0.25) is 0 Å². The summed E-state index contributed by atoms with van der Waals surface area (Å²) >= 11 is 1.42. The van der Waals surface area contributed by atoms with E-state index in [1.807, 2.05) is 32.2 Å². The molecule has 1 aliphatic rings. The van der Waals surface area contributed by atoms with Crippen molar-refractivity contribution in [2.75, 3.05) is 37.3 Å². The van der Waals surface area contributed by atoms with E-state index in [0.717, 1.165) is 10.5 Å². The Morgan fingerprint density at radius 1 is 1.14 bits per heavy atom. The van der Waals surface area contributed by atoms with Crippen LogP contribution >= 0.6 is 11.8 Å². The minimum atomic E-state index is -3.84. The number of carbonyl (C=O) groups excluding carboxylic acids is 1. The lowest BCUT2D eigenvalue weighted by molar-refractivity contribution is 0.0300. The van der Waals surface area contributed by atoms with Crippen molar-refractivity contribution in [3.8, 4) is 0 Å². The number of hydrogen-bond donors (Lipinski definition) is 1. The molecule has 1 heterocycles. The van der Waals surface area contributed by atoms with Crippen LogP contribution in [0.15, 0.2) is 52.3 Å². The Kier molecular flexibility index (Phi) is 6.87. The highest BCUT2D eigenvalue weighted by atomic mass is 32.2. The third-order valence-electron chi connectivity index (χ3n) is 4.84. The van der Waals surface area contributed by atoms with E-state index in [-0.39, 0.29) is 16.7 Å². The fraction of sp³-hybridized carbons (Fsp3) is 0.381. The average molecular weight is 435 g/mol. The van der Waals surface area contributed by atoms with E-state index in [0.29, 0.717) is 37.6 Å². The molecule has 6 nitrogen and oxygen atoms in total. The normalized spacial score (nSPS) is 14.8. The molecule has 3 rings (SSSR count). The first-order valence-corrected chi connectivity index (χ1v) is 12.2. The molecule has 0 bridgehead atoms. The summed E-state index contributed by atoms with van der Waals surface area (Å²) in [6, 6.07) is 12.1. The van der Waals surface area contributed by atoms with Gasteiger partial charge in [0.1, 0.15) is 0 Å². The van der Waals surface area contributed by atoms with E-state index in [4.69, 9.17) is 4.74 Å². The molecule has 1 aliphatic heterocycles. The van der Waals surface area contributed by atoms with Crippen LogP contribution < -0.4 is 4.72 Å². The molecule has 0 unspecified atom stereocenters. The van der Waals surface area contributed by atoms with Crippen LogP contribution in [0.3, 0.4) is 0 Å². The van der Waals surface area contributed by atoms with E-state index >= 15 is 0 Å². The Morgan fingerprint density at radius 2 is 1.83 bits per heavy atom. The van der Waals surface area contributed by atoms with Gasteiger partial charge in [0.05, 0.1) is 29.4 Å². The highest BCUT2D eigenvalue weighted by Crippen LogP contribution is 2.29. The van der Waals surface area contributed by atoms with Gasteiger partial charge in [0, 0.05) is 18.0 Å². The summed E-state index contributed by atoms with van der Waals surface area (Å²) in [6.07, 6.45) is 1.87. The van der Waals surface area contributed by atoms with Gasteiger partial charge in [-0.3, -0.25) is 9.52 Å². The molecule has 156 valence electrons. The lowest BCUT2D eigenvalue weighted by atomic mass is 10.0. The first kappa shape index (κ1) is 21.7. The second kappa shape index (κ2) is 9.19. The van der Waals surface area contributed by atoms with Crippen molar-refractivity contribution in [3.63, 3.8) is 0 Å². The molecule has 0 aromatic heterocycles. The monoisotopic (exact) mass is 434 g/mol. The number of para-hydroxylation sites is 1. The fourth-order valence-electron chi connectivity index (χ4n) is 3.26. The average Bonchev–Trinajstić information content (AvgIpc) is 2.73. The van der Waals surface area contributed by atoms with Crippen LogP contribution in [-0.4, -0.2) is 51.8 Å². The van der Waals surface area contributed by atoms with Gasteiger partial charge in [0.25, 0.3) is 15.9 Å². The number of thioether (sulfide) groups is 1. The minimum absolute atomic E-state index is 0.0745. The van der Waals surface area contributed by atoms with Crippen molar-refractivity contribution in [1.82, 2.24) is 4.90 Å². The van der Waals surface area contributed by atoms with Gasteiger partial charge in [0.15, 0.2) is 0 Å². The highest BCUT2D eigenvalue weighted by Gasteiger charge is 2.24. The van der Waals surface area contributed by atoms with Crippen LogP contribution in [0.4, 0.5) is 5.69 Å². The van der Waals surface area contributed by atoms with E-state index in [9.17, 15) is 13.2 Å². The number of rotatable bonds is 6. The van der Waals surface area contributed by atoms with Gasteiger partial charge >= 0.3 is 0 Å². The lowest BCUT2D eigenvalue weighted by Gasteiger charge is -2.27. The number of nitrogens with one attached hydrogen (secondary N) is 1. The molecular weight excluding hydrogens is 408 g/mol. The van der Waals surface area contributed by atoms with Crippen molar-refractivity contribution >= 4 is 33.4 Å². The quantitative estimate of drug-likeness (QED) is 0.700. The second-order valence-corrected chi connectivity index (χ2v) is 9.64. The Balaban J connectivity index is 1.95. The van der Waals surface area contributed by atoms with Gasteiger partial charge < -0.3 is 9.64 Å². The molecule has 29 heavy (non-hydrogen) atoms. The molecule has 1 saturated heterocycles. The SMILES string of the molecule is CSc1ccc(S(=O)(=O)Nc2ccccc2C(C)C)cc1C(=O)N1CCOCC1. The summed E-state index contributed by atoms with van der Waals surface area (Å²) in [5.41, 5.74) is 1.87. The van der Waals surface area contributed by atoms with Crippen molar-refractivity contribution in [3.05, 3.63) is 53.6 Å². The number of nitrogens with zero attached hydrogens (tertiary/aromatic N) is 1. The van der Waals surface area contributed by atoms with Crippen molar-refractivity contribution in [2.45, 2.75) is 29.6 Å². The Hall–Kier alpha value is -2.03. The zero-order valence-corrected chi connectivity index (χ0v) is 18.5. The fourth-order valence-corrected chi connectivity index (χ4v) is 4.94. The minimum Gasteiger partial charge on any atom is -0.378 e. The van der Waals surface area contributed by atoms with Crippen LogP contribution in [0.5, 0.6) is 0 Å². The van der Waals surface area contributed by atoms with Gasteiger partial charge in [-0.2, -0.15) is 0 Å². The van der Waals surface area contributed by atoms with E-state index in [1.165, 1.54) is 17.8 Å². The maximum atomic E-state index is 13.1. The number of sulfonamides is 1. The predicted molar refractivity (Wildman–Crippen MR) is 116 cm³/mol. The van der Waals surface area contributed by atoms with E-state index in [2.05, 4.69) is 4.72 Å². The molecule has 1 fully saturated rings. The summed E-state index contributed by atoms with van der Waals surface area (Å²) in [6.45, 7) is 6.02. The summed E-state index contributed by atoms with van der Waals surface area (Å²) in [7, 11) is -3.84. The van der Waals surface area contributed by atoms with E-state index in [1.54, 1.807) is 29.2 Å². The zero-order chi connectivity index (χ0) is 21.0. The maximum absolute atomic E-state index is 13.1. The molecule has 0 spiro atoms. The van der Waals surface area contributed by atoms with Crippen LogP contribution in [0.25, 0.3) is 0 Å². The first-order chi connectivity index (χ1) is 13.8. The Morgan fingerprint density at radius 3 is 2.48 bits per heavy atom. The van der Waals surface area contributed by atoms with Crippen LogP contribution in [0, 0.1) is 0 Å². The standard InChI is InChI=1S/C21H26N2O4S2/c1-15(2)17-6-4-5-7-19(17)22-29(25,26)16-8-9-20(28-3)18(14-16)21(24)23-10-12-27-13-11-23/h4-9,14-15,22H,10-13H2,1-3H3. The summed E-state index contributed by atoms with van der Waals surface area (Å²) in [5, 5.41) is 0. The lowest BCUT2D eigenvalue weighted by Crippen LogP contribution is -2.41. The van der Waals surface area contributed by atoms with Gasteiger partial charge in [-0.1, -0.05) is 32.0 Å². The predicted octanol–water partition coefficient (Wildman–Crippen LogP) is 3.81. The molecule has 0 aliphatic carbocycles. The third kappa shape index (κ3) is 4.94. The van der Waals surface area contributed by atoms with Crippen molar-refractivity contribution in [2.24, 2.45) is 0 Å². The van der Waals surface area contributed by atoms with Crippen LogP contribution in [-0.2, 0) is 14.8 Å². The van der Waals surface area contributed by atoms with Crippen molar-refractivity contribution < 1.29 is 17.9 Å². The molecule has 0 saturated carbocycles. The molecule has 0 atom stereocenters. The number of anilines is 1. The van der Waals surface area contributed by atoms with Gasteiger partial charge in [-0.15, -0.1) is 11.8 Å². The number of morpholine rings is 1. The largest absolute Gasteiger partial charge is 0.378 e.